The van der Waals surface area contributed by atoms with Crippen molar-refractivity contribution >= 4 is 15.9 Å². The van der Waals surface area contributed by atoms with Crippen LogP contribution in [0.5, 0.6) is 0 Å². The second-order valence-corrected chi connectivity index (χ2v) is 5.35. The minimum Gasteiger partial charge on any atom is -0.0879 e. The van der Waals surface area contributed by atoms with Crippen LogP contribution in [0.25, 0.3) is 0 Å². The van der Waals surface area contributed by atoms with Gasteiger partial charge < -0.3 is 0 Å². The van der Waals surface area contributed by atoms with Gasteiger partial charge in [-0.2, -0.15) is 0 Å². The van der Waals surface area contributed by atoms with Crippen molar-refractivity contribution in [2.24, 2.45) is 10.8 Å². The Balaban J connectivity index is 2.05. The van der Waals surface area contributed by atoms with Gasteiger partial charge in [-0.25, -0.2) is 0 Å². The third-order valence-corrected chi connectivity index (χ3v) is 5.89. The molecular formula is C11H13Br. The molecule has 64 valence electrons. The van der Waals surface area contributed by atoms with E-state index in [-0.39, 0.29) is 0 Å². The standard InChI is InChI=1S/C11H13Br/c12-9-10-5-1-2-6-11(9,10)8-4-3-7-10/h1-4,9H,5-8H2. The fraction of sp³-hybridized carbons (Fsp3) is 0.636. The molecule has 0 aromatic carbocycles. The van der Waals surface area contributed by atoms with E-state index in [1.807, 2.05) is 0 Å². The molecule has 3 rings (SSSR count). The molecule has 0 aromatic heterocycles. The fourth-order valence-electron chi connectivity index (χ4n) is 3.25. The van der Waals surface area contributed by atoms with Crippen molar-refractivity contribution < 1.29 is 0 Å². The zero-order valence-electron chi connectivity index (χ0n) is 7.09. The summed E-state index contributed by atoms with van der Waals surface area (Å²) in [7, 11) is 0. The van der Waals surface area contributed by atoms with Gasteiger partial charge in [-0.15, -0.1) is 0 Å². The van der Waals surface area contributed by atoms with Gasteiger partial charge in [0, 0.05) is 4.83 Å². The van der Waals surface area contributed by atoms with Gasteiger partial charge in [-0.05, 0) is 36.5 Å². The Bertz CT molecular complexity index is 231. The number of halogens is 1. The minimum atomic E-state index is 0.622. The van der Waals surface area contributed by atoms with Crippen LogP contribution in [0.2, 0.25) is 0 Å². The molecule has 0 unspecified atom stereocenters. The first-order chi connectivity index (χ1) is 5.82. The third kappa shape index (κ3) is 0.585. The molecule has 3 aliphatic rings. The maximum Gasteiger partial charge on any atom is 0.0282 e. The predicted octanol–water partition coefficient (Wildman–Crippen LogP) is 3.44. The van der Waals surface area contributed by atoms with Crippen molar-refractivity contribution in [2.45, 2.75) is 30.5 Å². The van der Waals surface area contributed by atoms with Crippen LogP contribution in [0, 0.1) is 10.8 Å². The van der Waals surface area contributed by atoms with Crippen LogP contribution < -0.4 is 0 Å². The Hall–Kier alpha value is -0.0400. The Morgan fingerprint density at radius 2 is 1.17 bits per heavy atom. The highest BCUT2D eigenvalue weighted by atomic mass is 79.9. The Labute approximate surface area is 81.9 Å². The monoisotopic (exact) mass is 224 g/mol. The SMILES string of the molecule is BrC1C23CC=CCC12CC=CC3. The normalized spacial score (nSPS) is 54.6. The lowest BCUT2D eigenvalue weighted by Crippen LogP contribution is -2.17. The van der Waals surface area contributed by atoms with Crippen LogP contribution in [-0.4, -0.2) is 4.83 Å². The minimum absolute atomic E-state index is 0.622. The molecule has 1 heteroatoms. The first-order valence-electron chi connectivity index (χ1n) is 4.76. The molecule has 0 radical (unpaired) electrons. The summed E-state index contributed by atoms with van der Waals surface area (Å²) in [4.78, 5) is 0.780. The topological polar surface area (TPSA) is 0 Å². The zero-order valence-corrected chi connectivity index (χ0v) is 8.68. The summed E-state index contributed by atoms with van der Waals surface area (Å²) < 4.78 is 0. The van der Waals surface area contributed by atoms with Crippen molar-refractivity contribution in [3.8, 4) is 0 Å². The quantitative estimate of drug-likeness (QED) is 0.437. The lowest BCUT2D eigenvalue weighted by molar-refractivity contribution is 0.315. The Morgan fingerprint density at radius 3 is 1.50 bits per heavy atom. The van der Waals surface area contributed by atoms with Crippen molar-refractivity contribution in [3.05, 3.63) is 24.3 Å². The van der Waals surface area contributed by atoms with Crippen LogP contribution in [0.3, 0.4) is 0 Å². The predicted molar refractivity (Wildman–Crippen MR) is 54.3 cm³/mol. The van der Waals surface area contributed by atoms with E-state index in [1.54, 1.807) is 0 Å². The van der Waals surface area contributed by atoms with E-state index in [1.165, 1.54) is 25.7 Å². The van der Waals surface area contributed by atoms with E-state index >= 15 is 0 Å². The molecule has 0 N–H and O–H groups in total. The molecule has 0 nitrogen and oxygen atoms in total. The van der Waals surface area contributed by atoms with Crippen molar-refractivity contribution in [1.82, 2.24) is 0 Å². The van der Waals surface area contributed by atoms with E-state index in [2.05, 4.69) is 40.2 Å². The van der Waals surface area contributed by atoms with Crippen LogP contribution >= 0.6 is 15.9 Å². The average Bonchev–Trinajstić information content (AvgIpc) is 2.69. The lowest BCUT2D eigenvalue weighted by atomic mass is 9.76. The molecule has 0 atom stereocenters. The second-order valence-electron chi connectivity index (χ2n) is 4.43. The van der Waals surface area contributed by atoms with Crippen LogP contribution in [-0.2, 0) is 0 Å². The summed E-state index contributed by atoms with van der Waals surface area (Å²) in [6, 6.07) is 0. The number of hydrogen-bond donors (Lipinski definition) is 0. The highest BCUT2D eigenvalue weighted by Gasteiger charge is 2.73. The maximum absolute atomic E-state index is 3.87. The number of alkyl halides is 1. The largest absolute Gasteiger partial charge is 0.0879 e. The first kappa shape index (κ1) is 7.37. The third-order valence-electron chi connectivity index (χ3n) is 4.14. The molecule has 0 aromatic rings. The van der Waals surface area contributed by atoms with E-state index in [4.69, 9.17) is 0 Å². The maximum atomic E-state index is 3.87. The average molecular weight is 225 g/mol. The zero-order chi connectivity index (χ0) is 8.23. The molecule has 0 aliphatic heterocycles. The molecule has 0 bridgehead atoms. The summed E-state index contributed by atoms with van der Waals surface area (Å²) >= 11 is 3.87. The first-order valence-corrected chi connectivity index (χ1v) is 5.68. The van der Waals surface area contributed by atoms with Gasteiger partial charge in [0.1, 0.15) is 0 Å². The van der Waals surface area contributed by atoms with Crippen LogP contribution in [0.15, 0.2) is 24.3 Å². The summed E-state index contributed by atoms with van der Waals surface area (Å²) in [6.07, 6.45) is 14.7. The van der Waals surface area contributed by atoms with Gasteiger partial charge >= 0.3 is 0 Å². The summed E-state index contributed by atoms with van der Waals surface area (Å²) in [5, 5.41) is 0. The summed E-state index contributed by atoms with van der Waals surface area (Å²) in [6.45, 7) is 0. The molecule has 3 aliphatic carbocycles. The van der Waals surface area contributed by atoms with Gasteiger partial charge in [0.2, 0.25) is 0 Å². The Kier molecular flexibility index (Phi) is 1.27. The number of allylic oxidation sites excluding steroid dienone is 4. The van der Waals surface area contributed by atoms with E-state index in [9.17, 15) is 0 Å². The van der Waals surface area contributed by atoms with Crippen molar-refractivity contribution in [3.63, 3.8) is 0 Å². The van der Waals surface area contributed by atoms with Gasteiger partial charge in [0.25, 0.3) is 0 Å². The molecule has 0 amide bonds. The molecule has 0 spiro atoms. The number of hydrogen-bond acceptors (Lipinski definition) is 0. The number of rotatable bonds is 0. The highest BCUT2D eigenvalue weighted by Crippen LogP contribution is 2.77. The molecule has 0 saturated heterocycles. The van der Waals surface area contributed by atoms with Gasteiger partial charge in [0.05, 0.1) is 0 Å². The van der Waals surface area contributed by atoms with Crippen molar-refractivity contribution in [2.75, 3.05) is 0 Å². The van der Waals surface area contributed by atoms with E-state index < -0.39 is 0 Å². The summed E-state index contributed by atoms with van der Waals surface area (Å²) in [5.41, 5.74) is 1.24. The lowest BCUT2D eigenvalue weighted by Gasteiger charge is -2.27. The summed E-state index contributed by atoms with van der Waals surface area (Å²) in [5.74, 6) is 0. The molecule has 1 saturated carbocycles. The Morgan fingerprint density at radius 1 is 0.833 bits per heavy atom. The molecule has 1 fully saturated rings. The molecule has 0 heterocycles. The van der Waals surface area contributed by atoms with Crippen LogP contribution in [0.1, 0.15) is 25.7 Å². The van der Waals surface area contributed by atoms with Gasteiger partial charge in [-0.3, -0.25) is 0 Å². The highest BCUT2D eigenvalue weighted by molar-refractivity contribution is 9.09. The van der Waals surface area contributed by atoms with E-state index in [0.717, 1.165) is 4.83 Å². The second kappa shape index (κ2) is 2.06. The van der Waals surface area contributed by atoms with Gasteiger partial charge in [0.15, 0.2) is 0 Å². The van der Waals surface area contributed by atoms with E-state index in [0.29, 0.717) is 10.8 Å². The smallest absolute Gasteiger partial charge is 0.0282 e. The van der Waals surface area contributed by atoms with Crippen molar-refractivity contribution in [1.29, 1.82) is 0 Å². The van der Waals surface area contributed by atoms with Crippen LogP contribution in [0.4, 0.5) is 0 Å². The fourth-order valence-corrected chi connectivity index (χ4v) is 4.77. The van der Waals surface area contributed by atoms with Gasteiger partial charge in [-0.1, -0.05) is 40.2 Å². The molecular weight excluding hydrogens is 212 g/mol. The molecule has 12 heavy (non-hydrogen) atoms.